The quantitative estimate of drug-likeness (QED) is 0.830. The first kappa shape index (κ1) is 12.5. The number of benzene rings is 1. The van der Waals surface area contributed by atoms with Gasteiger partial charge < -0.3 is 5.32 Å². The predicted octanol–water partition coefficient (Wildman–Crippen LogP) is 3.17. The molecule has 4 heteroatoms. The highest BCUT2D eigenvalue weighted by atomic mass is 35.5. The van der Waals surface area contributed by atoms with Gasteiger partial charge in [0.15, 0.2) is 5.78 Å². The minimum absolute atomic E-state index is 0.0718. The molecule has 0 heterocycles. The molecular weight excluding hydrogens is 233 g/mol. The molecule has 1 N–H and O–H groups in total. The van der Waals surface area contributed by atoms with Crippen LogP contribution in [0.4, 0.5) is 0 Å². The first-order valence-corrected chi connectivity index (χ1v) is 5.33. The average molecular weight is 246 g/mol. The third kappa shape index (κ3) is 2.51. The summed E-state index contributed by atoms with van der Waals surface area (Å²) in [4.78, 5) is 12.1. The summed E-state index contributed by atoms with van der Waals surface area (Å²) in [5, 5.41) is 3.65. The SMILES string of the molecule is CNC(C)(C)C(=O)c1cccc(Cl)c1Cl. The van der Waals surface area contributed by atoms with Gasteiger partial charge in [0, 0.05) is 5.56 Å². The van der Waals surface area contributed by atoms with Crippen molar-refractivity contribution in [1.29, 1.82) is 0 Å². The van der Waals surface area contributed by atoms with E-state index in [1.807, 2.05) is 0 Å². The van der Waals surface area contributed by atoms with Gasteiger partial charge in [-0.2, -0.15) is 0 Å². The molecule has 0 aliphatic heterocycles. The van der Waals surface area contributed by atoms with Crippen LogP contribution in [0.1, 0.15) is 24.2 Å². The van der Waals surface area contributed by atoms with Gasteiger partial charge in [0.1, 0.15) is 0 Å². The molecule has 0 aliphatic rings. The highest BCUT2D eigenvalue weighted by Gasteiger charge is 2.28. The normalized spacial score (nSPS) is 11.5. The maximum absolute atomic E-state index is 12.1. The third-order valence-electron chi connectivity index (χ3n) is 2.39. The van der Waals surface area contributed by atoms with Gasteiger partial charge in [0.25, 0.3) is 0 Å². The van der Waals surface area contributed by atoms with E-state index in [2.05, 4.69) is 5.32 Å². The molecule has 0 aliphatic carbocycles. The monoisotopic (exact) mass is 245 g/mol. The second-order valence-electron chi connectivity index (χ2n) is 3.81. The molecule has 1 aromatic carbocycles. The molecule has 0 spiro atoms. The molecular formula is C11H13Cl2NO. The van der Waals surface area contributed by atoms with Crippen LogP contribution in [0.2, 0.25) is 10.0 Å². The molecule has 0 saturated heterocycles. The van der Waals surface area contributed by atoms with Gasteiger partial charge in [-0.15, -0.1) is 0 Å². The molecule has 0 unspecified atom stereocenters. The topological polar surface area (TPSA) is 29.1 Å². The van der Waals surface area contributed by atoms with Gasteiger partial charge in [-0.05, 0) is 33.0 Å². The summed E-state index contributed by atoms with van der Waals surface area (Å²) in [6.45, 7) is 3.60. The Balaban J connectivity index is 3.18. The van der Waals surface area contributed by atoms with E-state index in [0.29, 0.717) is 15.6 Å². The third-order valence-corrected chi connectivity index (χ3v) is 3.21. The number of hydrogen-bond donors (Lipinski definition) is 1. The molecule has 15 heavy (non-hydrogen) atoms. The van der Waals surface area contributed by atoms with Crippen LogP contribution in [0.5, 0.6) is 0 Å². The Morgan fingerprint density at radius 1 is 1.33 bits per heavy atom. The van der Waals surface area contributed by atoms with Crippen molar-refractivity contribution in [2.75, 3.05) is 7.05 Å². The van der Waals surface area contributed by atoms with Crippen LogP contribution >= 0.6 is 23.2 Å². The Kier molecular flexibility index (Phi) is 3.77. The number of ketones is 1. The second-order valence-corrected chi connectivity index (χ2v) is 4.59. The maximum Gasteiger partial charge on any atom is 0.183 e. The van der Waals surface area contributed by atoms with E-state index >= 15 is 0 Å². The molecule has 0 fully saturated rings. The van der Waals surface area contributed by atoms with Gasteiger partial charge in [-0.1, -0.05) is 29.3 Å². The first-order chi connectivity index (χ1) is 6.90. The summed E-state index contributed by atoms with van der Waals surface area (Å²) in [5.74, 6) is -0.0718. The fourth-order valence-electron chi connectivity index (χ4n) is 1.13. The van der Waals surface area contributed by atoms with E-state index in [4.69, 9.17) is 23.2 Å². The Bertz CT molecular complexity index is 388. The number of nitrogens with one attached hydrogen (secondary N) is 1. The van der Waals surface area contributed by atoms with E-state index < -0.39 is 5.54 Å². The van der Waals surface area contributed by atoms with E-state index in [0.717, 1.165) is 0 Å². The van der Waals surface area contributed by atoms with Gasteiger partial charge in [0.2, 0.25) is 0 Å². The van der Waals surface area contributed by atoms with Crippen molar-refractivity contribution in [2.45, 2.75) is 19.4 Å². The van der Waals surface area contributed by atoms with Crippen molar-refractivity contribution in [3.05, 3.63) is 33.8 Å². The minimum Gasteiger partial charge on any atom is -0.308 e. The number of Topliss-reactive ketones (excluding diaryl/α,β-unsaturated/α-hetero) is 1. The standard InChI is InChI=1S/C11H13Cl2NO/c1-11(2,14-3)10(15)7-5-4-6-8(12)9(7)13/h4-6,14H,1-3H3. The number of carbonyl (C=O) groups excluding carboxylic acids is 1. The molecule has 0 amide bonds. The van der Waals surface area contributed by atoms with Crippen molar-refractivity contribution in [3.8, 4) is 0 Å². The summed E-state index contributed by atoms with van der Waals surface area (Å²) >= 11 is 11.8. The van der Waals surface area contributed by atoms with Gasteiger partial charge in [-0.25, -0.2) is 0 Å². The zero-order valence-electron chi connectivity index (χ0n) is 8.90. The van der Waals surface area contributed by atoms with Crippen LogP contribution in [0.15, 0.2) is 18.2 Å². The largest absolute Gasteiger partial charge is 0.308 e. The van der Waals surface area contributed by atoms with Crippen LogP contribution < -0.4 is 5.32 Å². The van der Waals surface area contributed by atoms with Crippen LogP contribution in [0.3, 0.4) is 0 Å². The second kappa shape index (κ2) is 4.52. The van der Waals surface area contributed by atoms with Crippen molar-refractivity contribution >= 4 is 29.0 Å². The van der Waals surface area contributed by atoms with E-state index in [9.17, 15) is 4.79 Å². The molecule has 2 nitrogen and oxygen atoms in total. The van der Waals surface area contributed by atoms with Gasteiger partial charge in [-0.3, -0.25) is 4.79 Å². The molecule has 0 aromatic heterocycles. The molecule has 0 radical (unpaired) electrons. The van der Waals surface area contributed by atoms with Gasteiger partial charge >= 0.3 is 0 Å². The number of likely N-dealkylation sites (N-methyl/N-ethyl adjacent to an activating group) is 1. The zero-order valence-corrected chi connectivity index (χ0v) is 10.4. The van der Waals surface area contributed by atoms with Gasteiger partial charge in [0.05, 0.1) is 15.6 Å². The summed E-state index contributed by atoms with van der Waals surface area (Å²) in [7, 11) is 1.73. The summed E-state index contributed by atoms with van der Waals surface area (Å²) < 4.78 is 0. The minimum atomic E-state index is -0.645. The highest BCUT2D eigenvalue weighted by molar-refractivity contribution is 6.44. The van der Waals surface area contributed by atoms with Crippen molar-refractivity contribution in [2.24, 2.45) is 0 Å². The highest BCUT2D eigenvalue weighted by Crippen LogP contribution is 2.28. The lowest BCUT2D eigenvalue weighted by Crippen LogP contribution is -2.44. The molecule has 0 bridgehead atoms. The number of hydrogen-bond acceptors (Lipinski definition) is 2. The van der Waals surface area contributed by atoms with Crippen LogP contribution in [-0.2, 0) is 0 Å². The molecule has 1 aromatic rings. The zero-order chi connectivity index (χ0) is 11.6. The first-order valence-electron chi connectivity index (χ1n) is 4.58. The Morgan fingerprint density at radius 2 is 1.93 bits per heavy atom. The Hall–Kier alpha value is -0.570. The van der Waals surface area contributed by atoms with Crippen LogP contribution in [-0.4, -0.2) is 18.4 Å². The van der Waals surface area contributed by atoms with Crippen molar-refractivity contribution in [3.63, 3.8) is 0 Å². The number of halogens is 2. The molecule has 0 atom stereocenters. The Morgan fingerprint density at radius 3 is 2.47 bits per heavy atom. The smallest absolute Gasteiger partial charge is 0.183 e. The lowest BCUT2D eigenvalue weighted by atomic mass is 9.93. The molecule has 1 rings (SSSR count). The fraction of sp³-hybridized carbons (Fsp3) is 0.364. The van der Waals surface area contributed by atoms with Crippen molar-refractivity contribution in [1.82, 2.24) is 5.32 Å². The lowest BCUT2D eigenvalue weighted by Gasteiger charge is -2.22. The number of carbonyl (C=O) groups is 1. The summed E-state index contributed by atoms with van der Waals surface area (Å²) in [6.07, 6.45) is 0. The van der Waals surface area contributed by atoms with Crippen LogP contribution in [0.25, 0.3) is 0 Å². The molecule has 82 valence electrons. The maximum atomic E-state index is 12.1. The van der Waals surface area contributed by atoms with Crippen LogP contribution in [0, 0.1) is 0 Å². The summed E-state index contributed by atoms with van der Waals surface area (Å²) in [5.41, 5.74) is -0.197. The van der Waals surface area contributed by atoms with Crippen molar-refractivity contribution < 1.29 is 4.79 Å². The predicted molar refractivity (Wildman–Crippen MR) is 63.9 cm³/mol. The Labute approximate surface area is 99.6 Å². The van der Waals surface area contributed by atoms with E-state index in [1.54, 1.807) is 39.1 Å². The molecule has 0 saturated carbocycles. The number of rotatable bonds is 3. The fourth-order valence-corrected chi connectivity index (χ4v) is 1.52. The summed E-state index contributed by atoms with van der Waals surface area (Å²) in [6, 6.07) is 5.05. The van der Waals surface area contributed by atoms with E-state index in [1.165, 1.54) is 0 Å². The lowest BCUT2D eigenvalue weighted by molar-refractivity contribution is 0.0890. The van der Waals surface area contributed by atoms with E-state index in [-0.39, 0.29) is 5.78 Å². The average Bonchev–Trinajstić information content (AvgIpc) is 2.21.